The molecule has 0 aliphatic heterocycles. The molecule has 2 N–H and O–H groups in total. The van der Waals surface area contributed by atoms with Crippen LogP contribution in [0.15, 0.2) is 18.2 Å². The first-order chi connectivity index (χ1) is 8.56. The molecule has 0 fully saturated rings. The Balaban J connectivity index is 2.92. The van der Waals surface area contributed by atoms with Crippen LogP contribution in [0.5, 0.6) is 5.75 Å². The van der Waals surface area contributed by atoms with Crippen molar-refractivity contribution in [3.63, 3.8) is 0 Å². The SMILES string of the molecule is COc1ccc(NC(=O)CC#N)cc1NC(C)=O. The maximum atomic E-state index is 11.2. The van der Waals surface area contributed by atoms with Crippen molar-refractivity contribution in [3.05, 3.63) is 18.2 Å². The number of nitrogens with one attached hydrogen (secondary N) is 2. The van der Waals surface area contributed by atoms with Crippen molar-refractivity contribution in [2.24, 2.45) is 0 Å². The van der Waals surface area contributed by atoms with E-state index >= 15 is 0 Å². The van der Waals surface area contributed by atoms with Crippen molar-refractivity contribution in [2.75, 3.05) is 17.7 Å². The van der Waals surface area contributed by atoms with Crippen LogP contribution < -0.4 is 15.4 Å². The molecule has 1 rings (SSSR count). The summed E-state index contributed by atoms with van der Waals surface area (Å²) in [5, 5.41) is 13.5. The fourth-order valence-corrected chi connectivity index (χ4v) is 1.35. The molecular formula is C12H13N3O3. The predicted molar refractivity (Wildman–Crippen MR) is 66.2 cm³/mol. The molecule has 0 saturated heterocycles. The molecule has 94 valence electrons. The molecular weight excluding hydrogens is 234 g/mol. The molecule has 0 atom stereocenters. The van der Waals surface area contributed by atoms with Gasteiger partial charge in [0.2, 0.25) is 11.8 Å². The Hall–Kier alpha value is -2.55. The lowest BCUT2D eigenvalue weighted by Gasteiger charge is -2.11. The van der Waals surface area contributed by atoms with E-state index in [4.69, 9.17) is 10.00 Å². The Morgan fingerprint density at radius 2 is 2.11 bits per heavy atom. The van der Waals surface area contributed by atoms with E-state index in [1.54, 1.807) is 24.3 Å². The summed E-state index contributed by atoms with van der Waals surface area (Å²) in [5.74, 6) is -0.159. The number of nitrogens with zero attached hydrogens (tertiary/aromatic N) is 1. The van der Waals surface area contributed by atoms with Gasteiger partial charge in [0.25, 0.3) is 0 Å². The highest BCUT2D eigenvalue weighted by molar-refractivity contribution is 5.95. The third-order valence-corrected chi connectivity index (χ3v) is 2.03. The van der Waals surface area contributed by atoms with Crippen LogP contribution in [0.25, 0.3) is 0 Å². The fraction of sp³-hybridized carbons (Fsp3) is 0.250. The van der Waals surface area contributed by atoms with Crippen molar-refractivity contribution in [1.29, 1.82) is 5.26 Å². The number of carbonyl (C=O) groups is 2. The largest absolute Gasteiger partial charge is 0.495 e. The molecule has 6 heteroatoms. The molecule has 1 aromatic rings. The topological polar surface area (TPSA) is 91.2 Å². The Kier molecular flexibility index (Phi) is 4.69. The van der Waals surface area contributed by atoms with Crippen LogP contribution in [0.2, 0.25) is 0 Å². The zero-order valence-electron chi connectivity index (χ0n) is 10.1. The number of ether oxygens (including phenoxy) is 1. The molecule has 0 aliphatic rings. The van der Waals surface area contributed by atoms with Gasteiger partial charge in [0.05, 0.1) is 18.9 Å². The first-order valence-electron chi connectivity index (χ1n) is 5.19. The number of rotatable bonds is 4. The Bertz CT molecular complexity index is 506. The van der Waals surface area contributed by atoms with Gasteiger partial charge in [0.1, 0.15) is 12.2 Å². The van der Waals surface area contributed by atoms with Gasteiger partial charge < -0.3 is 15.4 Å². The van der Waals surface area contributed by atoms with Gasteiger partial charge in [-0.05, 0) is 18.2 Å². The van der Waals surface area contributed by atoms with E-state index in [1.807, 2.05) is 0 Å². The number of amides is 2. The van der Waals surface area contributed by atoms with Crippen molar-refractivity contribution < 1.29 is 14.3 Å². The number of anilines is 2. The lowest BCUT2D eigenvalue weighted by Crippen LogP contribution is -2.11. The molecule has 6 nitrogen and oxygen atoms in total. The summed E-state index contributed by atoms with van der Waals surface area (Å²) >= 11 is 0. The highest BCUT2D eigenvalue weighted by Crippen LogP contribution is 2.27. The quantitative estimate of drug-likeness (QED) is 0.843. The highest BCUT2D eigenvalue weighted by Gasteiger charge is 2.07. The molecule has 1 aromatic carbocycles. The lowest BCUT2D eigenvalue weighted by molar-refractivity contribution is -0.115. The second-order valence-corrected chi connectivity index (χ2v) is 3.48. The second-order valence-electron chi connectivity index (χ2n) is 3.48. The van der Waals surface area contributed by atoms with Crippen molar-refractivity contribution in [3.8, 4) is 11.8 Å². The summed E-state index contributed by atoms with van der Waals surface area (Å²) in [7, 11) is 1.48. The summed E-state index contributed by atoms with van der Waals surface area (Å²) in [6, 6.07) is 6.56. The van der Waals surface area contributed by atoms with Gasteiger partial charge in [0, 0.05) is 12.6 Å². The first-order valence-corrected chi connectivity index (χ1v) is 5.19. The van der Waals surface area contributed by atoms with Gasteiger partial charge in [-0.25, -0.2) is 0 Å². The van der Waals surface area contributed by atoms with Gasteiger partial charge in [0.15, 0.2) is 0 Å². The normalized spacial score (nSPS) is 9.17. The van der Waals surface area contributed by atoms with Crippen LogP contribution in [0.3, 0.4) is 0 Å². The molecule has 0 saturated carbocycles. The van der Waals surface area contributed by atoms with Gasteiger partial charge in [-0.2, -0.15) is 5.26 Å². The molecule has 0 bridgehead atoms. The fourth-order valence-electron chi connectivity index (χ4n) is 1.35. The van der Waals surface area contributed by atoms with E-state index in [9.17, 15) is 9.59 Å². The number of carbonyl (C=O) groups excluding carboxylic acids is 2. The summed E-state index contributed by atoms with van der Waals surface area (Å²) in [6.45, 7) is 1.38. The van der Waals surface area contributed by atoms with Crippen LogP contribution in [0.4, 0.5) is 11.4 Å². The van der Waals surface area contributed by atoms with Crippen LogP contribution >= 0.6 is 0 Å². The number of benzene rings is 1. The van der Waals surface area contributed by atoms with E-state index in [2.05, 4.69) is 10.6 Å². The summed E-state index contributed by atoms with van der Waals surface area (Å²) < 4.78 is 5.07. The van der Waals surface area contributed by atoms with Crippen molar-refractivity contribution >= 4 is 23.2 Å². The Morgan fingerprint density at radius 3 is 2.67 bits per heavy atom. The minimum Gasteiger partial charge on any atom is -0.495 e. The van der Waals surface area contributed by atoms with E-state index in [-0.39, 0.29) is 12.3 Å². The van der Waals surface area contributed by atoms with Crippen LogP contribution in [-0.4, -0.2) is 18.9 Å². The zero-order chi connectivity index (χ0) is 13.5. The molecule has 0 aliphatic carbocycles. The smallest absolute Gasteiger partial charge is 0.238 e. The molecule has 0 heterocycles. The number of hydrogen-bond acceptors (Lipinski definition) is 4. The molecule has 18 heavy (non-hydrogen) atoms. The standard InChI is InChI=1S/C12H13N3O3/c1-8(16)14-10-7-9(3-4-11(10)18-2)15-12(17)5-6-13/h3-4,7H,5H2,1-2H3,(H,14,16)(H,15,17). The number of hydrogen-bond donors (Lipinski definition) is 2. The minimum atomic E-state index is -0.406. The summed E-state index contributed by atoms with van der Waals surface area (Å²) in [4.78, 5) is 22.3. The average Bonchev–Trinajstić information content (AvgIpc) is 2.28. The lowest BCUT2D eigenvalue weighted by atomic mass is 10.2. The average molecular weight is 247 g/mol. The Morgan fingerprint density at radius 1 is 1.39 bits per heavy atom. The third-order valence-electron chi connectivity index (χ3n) is 2.03. The Labute approximate surface area is 105 Å². The van der Waals surface area contributed by atoms with Crippen molar-refractivity contribution in [2.45, 2.75) is 13.3 Å². The predicted octanol–water partition coefficient (Wildman–Crippen LogP) is 1.51. The van der Waals surface area contributed by atoms with Gasteiger partial charge in [-0.15, -0.1) is 0 Å². The summed E-state index contributed by atoms with van der Waals surface area (Å²) in [6.07, 6.45) is -0.221. The molecule has 2 amide bonds. The van der Waals surface area contributed by atoms with Gasteiger partial charge in [-0.3, -0.25) is 9.59 Å². The minimum absolute atomic E-state index is 0.221. The molecule has 0 unspecified atom stereocenters. The third kappa shape index (κ3) is 3.79. The molecule has 0 spiro atoms. The van der Waals surface area contributed by atoms with E-state index in [0.29, 0.717) is 17.1 Å². The zero-order valence-corrected chi connectivity index (χ0v) is 10.1. The number of nitriles is 1. The summed E-state index contributed by atoms with van der Waals surface area (Å²) in [5.41, 5.74) is 0.944. The second kappa shape index (κ2) is 6.25. The van der Waals surface area contributed by atoms with Gasteiger partial charge in [-0.1, -0.05) is 0 Å². The maximum absolute atomic E-state index is 11.2. The van der Waals surface area contributed by atoms with Crippen molar-refractivity contribution in [1.82, 2.24) is 0 Å². The first kappa shape index (κ1) is 13.5. The van der Waals surface area contributed by atoms with Crippen LogP contribution in [0, 0.1) is 11.3 Å². The van der Waals surface area contributed by atoms with Gasteiger partial charge >= 0.3 is 0 Å². The molecule has 0 radical (unpaired) electrons. The molecule has 0 aromatic heterocycles. The monoisotopic (exact) mass is 247 g/mol. The van der Waals surface area contributed by atoms with Crippen LogP contribution in [0.1, 0.15) is 13.3 Å². The van der Waals surface area contributed by atoms with E-state index in [1.165, 1.54) is 14.0 Å². The van der Waals surface area contributed by atoms with E-state index in [0.717, 1.165) is 0 Å². The highest BCUT2D eigenvalue weighted by atomic mass is 16.5. The maximum Gasteiger partial charge on any atom is 0.238 e. The number of methoxy groups -OCH3 is 1. The van der Waals surface area contributed by atoms with Crippen LogP contribution in [-0.2, 0) is 9.59 Å². The van der Waals surface area contributed by atoms with E-state index < -0.39 is 5.91 Å².